The van der Waals surface area contributed by atoms with Crippen LogP contribution in [0.1, 0.15) is 25.7 Å². The lowest BCUT2D eigenvalue weighted by Crippen LogP contribution is -2.42. The van der Waals surface area contributed by atoms with Gasteiger partial charge in [0.25, 0.3) is 0 Å². The number of nitrogens with one attached hydrogen (secondary N) is 2. The summed E-state index contributed by atoms with van der Waals surface area (Å²) in [6.07, 6.45) is 4.07. The van der Waals surface area contributed by atoms with Crippen LogP contribution in [-0.2, 0) is 0 Å². The van der Waals surface area contributed by atoms with E-state index in [2.05, 4.69) is 10.6 Å². The van der Waals surface area contributed by atoms with E-state index in [9.17, 15) is 4.39 Å². The first-order chi connectivity index (χ1) is 5.84. The van der Waals surface area contributed by atoms with Crippen molar-refractivity contribution in [1.29, 1.82) is 0 Å². The molecule has 2 unspecified atom stereocenters. The highest BCUT2D eigenvalue weighted by Crippen LogP contribution is 2.18. The van der Waals surface area contributed by atoms with E-state index in [-0.39, 0.29) is 0 Å². The predicted molar refractivity (Wildman–Crippen MR) is 46.9 cm³/mol. The number of hydrogen-bond donors (Lipinski definition) is 2. The standard InChI is InChI=1S/C9H17FN2/c10-7-4-9(11-5-7)6-12-8-2-1-3-8/h7-9,11-12H,1-6H2. The Hall–Kier alpha value is -0.150. The first kappa shape index (κ1) is 8.45. The predicted octanol–water partition coefficient (Wildman–Crippen LogP) is 0.828. The fourth-order valence-electron chi connectivity index (χ4n) is 1.85. The van der Waals surface area contributed by atoms with E-state index in [1.54, 1.807) is 0 Å². The SMILES string of the molecule is FC1CNC(CNC2CCC2)C1. The van der Waals surface area contributed by atoms with E-state index in [0.29, 0.717) is 19.0 Å². The zero-order chi connectivity index (χ0) is 8.39. The van der Waals surface area contributed by atoms with E-state index in [1.165, 1.54) is 19.3 Å². The molecule has 2 fully saturated rings. The van der Waals surface area contributed by atoms with Crippen LogP contribution < -0.4 is 10.6 Å². The van der Waals surface area contributed by atoms with Crippen LogP contribution >= 0.6 is 0 Å². The second-order valence-electron chi connectivity index (χ2n) is 3.97. The van der Waals surface area contributed by atoms with Crippen molar-refractivity contribution >= 4 is 0 Å². The molecule has 0 bridgehead atoms. The Morgan fingerprint density at radius 2 is 2.25 bits per heavy atom. The molecule has 3 heteroatoms. The molecule has 0 aromatic heterocycles. The van der Waals surface area contributed by atoms with Gasteiger partial charge in [0, 0.05) is 25.2 Å². The van der Waals surface area contributed by atoms with Gasteiger partial charge in [0.05, 0.1) is 0 Å². The third-order valence-electron chi connectivity index (χ3n) is 2.93. The summed E-state index contributed by atoms with van der Waals surface area (Å²) in [6.45, 7) is 1.50. The fourth-order valence-corrected chi connectivity index (χ4v) is 1.85. The summed E-state index contributed by atoms with van der Waals surface area (Å²) in [6, 6.07) is 1.10. The second kappa shape index (κ2) is 3.71. The van der Waals surface area contributed by atoms with Gasteiger partial charge in [-0.05, 0) is 19.3 Å². The summed E-state index contributed by atoms with van der Waals surface area (Å²) in [7, 11) is 0. The van der Waals surface area contributed by atoms with Crippen molar-refractivity contribution in [3.63, 3.8) is 0 Å². The maximum absolute atomic E-state index is 12.7. The summed E-state index contributed by atoms with van der Waals surface area (Å²) in [5.41, 5.74) is 0. The monoisotopic (exact) mass is 172 g/mol. The van der Waals surface area contributed by atoms with Crippen LogP contribution in [0.4, 0.5) is 4.39 Å². The van der Waals surface area contributed by atoms with Gasteiger partial charge in [0.15, 0.2) is 0 Å². The third-order valence-corrected chi connectivity index (χ3v) is 2.93. The highest BCUT2D eigenvalue weighted by atomic mass is 19.1. The summed E-state index contributed by atoms with van der Waals surface area (Å²) >= 11 is 0. The van der Waals surface area contributed by atoms with Gasteiger partial charge >= 0.3 is 0 Å². The van der Waals surface area contributed by atoms with Crippen LogP contribution in [0, 0.1) is 0 Å². The molecule has 12 heavy (non-hydrogen) atoms. The van der Waals surface area contributed by atoms with Gasteiger partial charge in [-0.2, -0.15) is 0 Å². The number of halogens is 1. The molecule has 2 nitrogen and oxygen atoms in total. The fraction of sp³-hybridized carbons (Fsp3) is 1.00. The average Bonchev–Trinajstić information content (AvgIpc) is 2.32. The van der Waals surface area contributed by atoms with E-state index in [0.717, 1.165) is 12.6 Å². The normalized spacial score (nSPS) is 36.8. The smallest absolute Gasteiger partial charge is 0.114 e. The maximum atomic E-state index is 12.7. The van der Waals surface area contributed by atoms with Crippen molar-refractivity contribution in [2.24, 2.45) is 0 Å². The topological polar surface area (TPSA) is 24.1 Å². The molecule has 1 aliphatic heterocycles. The molecule has 1 saturated carbocycles. The lowest BCUT2D eigenvalue weighted by molar-refractivity contribution is 0.319. The lowest BCUT2D eigenvalue weighted by atomic mass is 9.93. The molecule has 0 amide bonds. The molecule has 2 N–H and O–H groups in total. The molecule has 1 saturated heterocycles. The largest absolute Gasteiger partial charge is 0.312 e. The Bertz CT molecular complexity index is 147. The van der Waals surface area contributed by atoms with Crippen molar-refractivity contribution in [3.8, 4) is 0 Å². The van der Waals surface area contributed by atoms with Gasteiger partial charge in [-0.25, -0.2) is 4.39 Å². The van der Waals surface area contributed by atoms with Gasteiger partial charge in [-0.3, -0.25) is 0 Å². The minimum absolute atomic E-state index is 0.376. The molecule has 1 heterocycles. The molecule has 0 aromatic rings. The third kappa shape index (κ3) is 1.96. The van der Waals surface area contributed by atoms with Gasteiger partial charge < -0.3 is 10.6 Å². The first-order valence-corrected chi connectivity index (χ1v) is 4.95. The molecular formula is C9H17FN2. The average molecular weight is 172 g/mol. The Morgan fingerprint density at radius 3 is 2.75 bits per heavy atom. The minimum Gasteiger partial charge on any atom is -0.312 e. The van der Waals surface area contributed by atoms with Gasteiger partial charge in [0.1, 0.15) is 6.17 Å². The zero-order valence-corrected chi connectivity index (χ0v) is 7.35. The molecule has 0 radical (unpaired) electrons. The molecule has 0 spiro atoms. The van der Waals surface area contributed by atoms with E-state index in [4.69, 9.17) is 0 Å². The number of rotatable bonds is 3. The van der Waals surface area contributed by atoms with Crippen molar-refractivity contribution in [2.75, 3.05) is 13.1 Å². The minimum atomic E-state index is -0.613. The van der Waals surface area contributed by atoms with Crippen molar-refractivity contribution < 1.29 is 4.39 Å². The Labute approximate surface area is 72.9 Å². The highest BCUT2D eigenvalue weighted by molar-refractivity contribution is 4.85. The van der Waals surface area contributed by atoms with E-state index in [1.807, 2.05) is 0 Å². The van der Waals surface area contributed by atoms with Crippen LogP contribution in [0.15, 0.2) is 0 Å². The maximum Gasteiger partial charge on any atom is 0.114 e. The van der Waals surface area contributed by atoms with Crippen LogP contribution in [0.25, 0.3) is 0 Å². The molecule has 1 aliphatic carbocycles. The Morgan fingerprint density at radius 1 is 1.42 bits per heavy atom. The van der Waals surface area contributed by atoms with Crippen molar-refractivity contribution in [2.45, 2.75) is 43.9 Å². The first-order valence-electron chi connectivity index (χ1n) is 4.95. The molecule has 0 aromatic carbocycles. The van der Waals surface area contributed by atoms with Gasteiger partial charge in [-0.15, -0.1) is 0 Å². The second-order valence-corrected chi connectivity index (χ2v) is 3.97. The summed E-state index contributed by atoms with van der Waals surface area (Å²) < 4.78 is 12.7. The van der Waals surface area contributed by atoms with E-state index >= 15 is 0 Å². The summed E-state index contributed by atoms with van der Waals surface area (Å²) in [5.74, 6) is 0. The van der Waals surface area contributed by atoms with Crippen molar-refractivity contribution in [3.05, 3.63) is 0 Å². The number of hydrogen-bond acceptors (Lipinski definition) is 2. The lowest BCUT2D eigenvalue weighted by Gasteiger charge is -2.27. The van der Waals surface area contributed by atoms with Gasteiger partial charge in [0.2, 0.25) is 0 Å². The Kier molecular flexibility index (Phi) is 2.61. The highest BCUT2D eigenvalue weighted by Gasteiger charge is 2.24. The van der Waals surface area contributed by atoms with Crippen LogP contribution in [0.5, 0.6) is 0 Å². The summed E-state index contributed by atoms with van der Waals surface area (Å²) in [4.78, 5) is 0. The van der Waals surface area contributed by atoms with Crippen LogP contribution in [0.3, 0.4) is 0 Å². The molecule has 2 aliphatic rings. The summed E-state index contributed by atoms with van der Waals surface area (Å²) in [5, 5.41) is 6.62. The van der Waals surface area contributed by atoms with E-state index < -0.39 is 6.17 Å². The van der Waals surface area contributed by atoms with Crippen LogP contribution in [-0.4, -0.2) is 31.3 Å². The van der Waals surface area contributed by atoms with Crippen LogP contribution in [0.2, 0.25) is 0 Å². The molecule has 70 valence electrons. The molecule has 2 atom stereocenters. The Balaban J connectivity index is 1.60. The number of alkyl halides is 1. The molecule has 2 rings (SSSR count). The van der Waals surface area contributed by atoms with Gasteiger partial charge in [-0.1, -0.05) is 6.42 Å². The quantitative estimate of drug-likeness (QED) is 0.659. The molecular weight excluding hydrogens is 155 g/mol. The zero-order valence-electron chi connectivity index (χ0n) is 7.35. The van der Waals surface area contributed by atoms with Crippen molar-refractivity contribution in [1.82, 2.24) is 10.6 Å².